The molecule has 0 unspecified atom stereocenters. The molecule has 0 aliphatic carbocycles. The SMILES string of the molecule is COC(=O)CCc1c(I)cccc1OC(F)F. The average Bonchev–Trinajstić information content (AvgIpc) is 2.27. The van der Waals surface area contributed by atoms with Crippen molar-refractivity contribution in [3.8, 4) is 5.75 Å². The van der Waals surface area contributed by atoms with Gasteiger partial charge in [0.25, 0.3) is 0 Å². The molecule has 0 fully saturated rings. The van der Waals surface area contributed by atoms with Gasteiger partial charge in [0.2, 0.25) is 0 Å². The smallest absolute Gasteiger partial charge is 0.387 e. The van der Waals surface area contributed by atoms with Gasteiger partial charge in [-0.05, 0) is 41.1 Å². The fourth-order valence-electron chi connectivity index (χ4n) is 1.32. The summed E-state index contributed by atoms with van der Waals surface area (Å²) in [5, 5.41) is 0. The minimum Gasteiger partial charge on any atom is -0.469 e. The summed E-state index contributed by atoms with van der Waals surface area (Å²) in [6.07, 6.45) is 0.448. The van der Waals surface area contributed by atoms with Crippen LogP contribution in [0, 0.1) is 3.57 Å². The summed E-state index contributed by atoms with van der Waals surface area (Å²) in [7, 11) is 1.29. The summed E-state index contributed by atoms with van der Waals surface area (Å²) in [5.74, 6) is -0.275. The summed E-state index contributed by atoms with van der Waals surface area (Å²) in [5.41, 5.74) is 0.596. The second-order valence-corrected chi connectivity index (χ2v) is 4.33. The monoisotopic (exact) mass is 356 g/mol. The van der Waals surface area contributed by atoms with Crippen LogP contribution in [0.15, 0.2) is 18.2 Å². The van der Waals surface area contributed by atoms with Crippen molar-refractivity contribution in [2.24, 2.45) is 0 Å². The van der Waals surface area contributed by atoms with Crippen molar-refractivity contribution < 1.29 is 23.0 Å². The van der Waals surface area contributed by atoms with Gasteiger partial charge in [0.1, 0.15) is 5.75 Å². The van der Waals surface area contributed by atoms with Crippen molar-refractivity contribution in [1.82, 2.24) is 0 Å². The fraction of sp³-hybridized carbons (Fsp3) is 0.364. The summed E-state index contributed by atoms with van der Waals surface area (Å²) in [4.78, 5) is 11.0. The number of halogens is 3. The Bertz CT molecular complexity index is 396. The van der Waals surface area contributed by atoms with Gasteiger partial charge in [-0.15, -0.1) is 0 Å². The zero-order valence-electron chi connectivity index (χ0n) is 9.08. The van der Waals surface area contributed by atoms with Crippen molar-refractivity contribution in [3.05, 3.63) is 27.3 Å². The molecule has 1 rings (SSSR count). The average molecular weight is 356 g/mol. The Morgan fingerprint density at radius 3 is 2.76 bits per heavy atom. The van der Waals surface area contributed by atoms with E-state index in [1.54, 1.807) is 12.1 Å². The Morgan fingerprint density at radius 1 is 1.47 bits per heavy atom. The van der Waals surface area contributed by atoms with E-state index in [1.807, 2.05) is 22.6 Å². The topological polar surface area (TPSA) is 35.5 Å². The first-order chi connectivity index (χ1) is 8.04. The third-order valence-electron chi connectivity index (χ3n) is 2.10. The number of methoxy groups -OCH3 is 1. The van der Waals surface area contributed by atoms with E-state index in [0.29, 0.717) is 12.0 Å². The van der Waals surface area contributed by atoms with Gasteiger partial charge in [-0.1, -0.05) is 6.07 Å². The first-order valence-corrected chi connectivity index (χ1v) is 5.91. The van der Waals surface area contributed by atoms with E-state index >= 15 is 0 Å². The van der Waals surface area contributed by atoms with Gasteiger partial charge in [0, 0.05) is 15.6 Å². The highest BCUT2D eigenvalue weighted by atomic mass is 127. The Labute approximate surface area is 111 Å². The highest BCUT2D eigenvalue weighted by Crippen LogP contribution is 2.26. The van der Waals surface area contributed by atoms with Gasteiger partial charge in [0.15, 0.2) is 0 Å². The van der Waals surface area contributed by atoms with E-state index in [9.17, 15) is 13.6 Å². The van der Waals surface area contributed by atoms with Crippen LogP contribution in [0.5, 0.6) is 5.75 Å². The molecule has 0 aliphatic rings. The highest BCUT2D eigenvalue weighted by Gasteiger charge is 2.13. The second kappa shape index (κ2) is 6.73. The molecule has 0 bridgehead atoms. The van der Waals surface area contributed by atoms with E-state index in [1.165, 1.54) is 13.2 Å². The van der Waals surface area contributed by atoms with E-state index in [-0.39, 0.29) is 18.1 Å². The molecular formula is C11H11F2IO3. The molecule has 94 valence electrons. The molecule has 0 amide bonds. The first-order valence-electron chi connectivity index (χ1n) is 4.83. The largest absolute Gasteiger partial charge is 0.469 e. The van der Waals surface area contributed by atoms with Gasteiger partial charge in [-0.25, -0.2) is 0 Å². The van der Waals surface area contributed by atoms with Crippen LogP contribution < -0.4 is 4.74 Å². The Kier molecular flexibility index (Phi) is 5.60. The maximum absolute atomic E-state index is 12.2. The van der Waals surface area contributed by atoms with Gasteiger partial charge < -0.3 is 9.47 Å². The van der Waals surface area contributed by atoms with Crippen molar-refractivity contribution in [3.63, 3.8) is 0 Å². The number of hydrogen-bond donors (Lipinski definition) is 0. The molecule has 0 aliphatic heterocycles. The molecule has 0 saturated carbocycles. The quantitative estimate of drug-likeness (QED) is 0.601. The summed E-state index contributed by atoms with van der Waals surface area (Å²) in [6, 6.07) is 4.85. The number of hydrogen-bond acceptors (Lipinski definition) is 3. The lowest BCUT2D eigenvalue weighted by molar-refractivity contribution is -0.140. The number of carbonyl (C=O) groups is 1. The van der Waals surface area contributed by atoms with Crippen LogP contribution in [0.3, 0.4) is 0 Å². The van der Waals surface area contributed by atoms with E-state index in [0.717, 1.165) is 3.57 Å². The van der Waals surface area contributed by atoms with Crippen molar-refractivity contribution >= 4 is 28.6 Å². The van der Waals surface area contributed by atoms with Crippen LogP contribution in [-0.4, -0.2) is 19.7 Å². The third-order valence-corrected chi connectivity index (χ3v) is 3.11. The molecule has 0 spiro atoms. The number of benzene rings is 1. The summed E-state index contributed by atoms with van der Waals surface area (Å²) < 4.78 is 34.0. The van der Waals surface area contributed by atoms with Crippen LogP contribution in [0.4, 0.5) is 8.78 Å². The summed E-state index contributed by atoms with van der Waals surface area (Å²) in [6.45, 7) is -2.87. The molecule has 0 atom stereocenters. The lowest BCUT2D eigenvalue weighted by Gasteiger charge is -2.11. The van der Waals surface area contributed by atoms with Crippen LogP contribution in [0.25, 0.3) is 0 Å². The number of carbonyl (C=O) groups excluding carboxylic acids is 1. The fourth-order valence-corrected chi connectivity index (χ4v) is 2.06. The number of ether oxygens (including phenoxy) is 2. The molecule has 3 nitrogen and oxygen atoms in total. The Hall–Kier alpha value is -0.920. The molecule has 17 heavy (non-hydrogen) atoms. The van der Waals surface area contributed by atoms with Gasteiger partial charge in [0.05, 0.1) is 7.11 Å². The standard InChI is InChI=1S/C11H11F2IO3/c1-16-10(15)6-5-7-8(14)3-2-4-9(7)17-11(12)13/h2-4,11H,5-6H2,1H3. The zero-order valence-corrected chi connectivity index (χ0v) is 11.2. The van der Waals surface area contributed by atoms with Crippen LogP contribution >= 0.6 is 22.6 Å². The number of alkyl halides is 2. The Balaban J connectivity index is 2.83. The minimum absolute atomic E-state index is 0.107. The van der Waals surface area contributed by atoms with E-state index in [2.05, 4.69) is 9.47 Å². The maximum atomic E-state index is 12.2. The molecule has 0 N–H and O–H groups in total. The number of esters is 1. The molecular weight excluding hydrogens is 345 g/mol. The molecule has 0 aromatic heterocycles. The Morgan fingerprint density at radius 2 is 2.18 bits per heavy atom. The van der Waals surface area contributed by atoms with Crippen molar-refractivity contribution in [2.75, 3.05) is 7.11 Å². The predicted octanol–water partition coefficient (Wildman–Crippen LogP) is 3.00. The van der Waals surface area contributed by atoms with Crippen molar-refractivity contribution in [2.45, 2.75) is 19.5 Å². The molecule has 0 radical (unpaired) electrons. The zero-order chi connectivity index (χ0) is 12.8. The first kappa shape index (κ1) is 14.1. The minimum atomic E-state index is -2.87. The predicted molar refractivity (Wildman–Crippen MR) is 66.1 cm³/mol. The highest BCUT2D eigenvalue weighted by molar-refractivity contribution is 14.1. The molecule has 0 heterocycles. The van der Waals surface area contributed by atoms with Gasteiger partial charge in [-0.2, -0.15) is 8.78 Å². The van der Waals surface area contributed by atoms with Crippen molar-refractivity contribution in [1.29, 1.82) is 0 Å². The normalized spacial score (nSPS) is 10.4. The lowest BCUT2D eigenvalue weighted by atomic mass is 10.1. The van der Waals surface area contributed by atoms with E-state index in [4.69, 9.17) is 0 Å². The van der Waals surface area contributed by atoms with Gasteiger partial charge in [-0.3, -0.25) is 4.79 Å². The second-order valence-electron chi connectivity index (χ2n) is 3.17. The molecule has 6 heteroatoms. The van der Waals surface area contributed by atoms with Crippen LogP contribution in [-0.2, 0) is 16.0 Å². The van der Waals surface area contributed by atoms with E-state index < -0.39 is 6.61 Å². The lowest BCUT2D eigenvalue weighted by Crippen LogP contribution is -2.08. The van der Waals surface area contributed by atoms with Crippen LogP contribution in [0.2, 0.25) is 0 Å². The molecule has 1 aromatic rings. The maximum Gasteiger partial charge on any atom is 0.387 e. The van der Waals surface area contributed by atoms with Gasteiger partial charge >= 0.3 is 12.6 Å². The summed E-state index contributed by atoms with van der Waals surface area (Å²) >= 11 is 2.01. The third kappa shape index (κ3) is 4.45. The van der Waals surface area contributed by atoms with Crippen LogP contribution in [0.1, 0.15) is 12.0 Å². The number of rotatable bonds is 5. The molecule has 1 aromatic carbocycles. The molecule has 0 saturated heterocycles.